The zero-order valence-corrected chi connectivity index (χ0v) is 17.0. The van der Waals surface area contributed by atoms with Crippen LogP contribution < -0.4 is 14.4 Å². The van der Waals surface area contributed by atoms with Crippen molar-refractivity contribution in [2.45, 2.75) is 27.7 Å². The molecule has 0 aliphatic carbocycles. The van der Waals surface area contributed by atoms with Crippen molar-refractivity contribution < 1.29 is 24.2 Å². The van der Waals surface area contributed by atoms with E-state index in [0.29, 0.717) is 35.1 Å². The van der Waals surface area contributed by atoms with Gasteiger partial charge in [-0.05, 0) is 45.4 Å². The van der Waals surface area contributed by atoms with E-state index >= 15 is 0 Å². The van der Waals surface area contributed by atoms with E-state index in [9.17, 15) is 10.0 Å². The van der Waals surface area contributed by atoms with Gasteiger partial charge in [0, 0.05) is 11.6 Å². The van der Waals surface area contributed by atoms with Crippen LogP contribution in [0.5, 0.6) is 11.5 Å². The maximum atomic E-state index is 12.1. The predicted octanol–water partition coefficient (Wildman–Crippen LogP) is 4.40. The minimum atomic E-state index is -0.382. The fourth-order valence-corrected chi connectivity index (χ4v) is 2.54. The van der Waals surface area contributed by atoms with Crippen molar-refractivity contribution in [1.29, 1.82) is 0 Å². The van der Waals surface area contributed by atoms with Crippen molar-refractivity contribution >= 4 is 11.8 Å². The highest BCUT2D eigenvalue weighted by molar-refractivity contribution is 5.91. The fourth-order valence-electron chi connectivity index (χ4n) is 2.54. The highest BCUT2D eigenvalue weighted by Crippen LogP contribution is 2.28. The summed E-state index contributed by atoms with van der Waals surface area (Å²) in [5.41, 5.74) is 3.08. The SMILES string of the molecule is C=C(C)/C(C)=C\N(C)c1cc(Oc2cccc(C(=O)OCC)c2C)cc[n+]1O. The summed E-state index contributed by atoms with van der Waals surface area (Å²) in [4.78, 5) is 13.9. The van der Waals surface area contributed by atoms with E-state index in [1.807, 2.05) is 34.0 Å². The third kappa shape index (κ3) is 4.91. The molecule has 0 unspecified atom stereocenters. The Morgan fingerprint density at radius 2 is 2.04 bits per heavy atom. The largest absolute Gasteiger partial charge is 0.462 e. The number of aromatic nitrogens is 1. The van der Waals surface area contributed by atoms with Gasteiger partial charge in [0.2, 0.25) is 0 Å². The Morgan fingerprint density at radius 3 is 2.68 bits per heavy atom. The third-order valence-corrected chi connectivity index (χ3v) is 4.32. The van der Waals surface area contributed by atoms with Crippen molar-refractivity contribution in [1.82, 2.24) is 0 Å². The van der Waals surface area contributed by atoms with Gasteiger partial charge in [-0.25, -0.2) is 9.69 Å². The standard InChI is InChI=1S/C22H27N2O4/c1-7-27-22(25)19-9-8-10-20(17(19)5)28-18-11-12-24(26)21(13-18)23(6)14-16(4)15(2)3/h8-14,26H,2,7H2,1,3-6H3/q+1/b16-14-. The molecule has 1 heterocycles. The number of benzene rings is 1. The van der Waals surface area contributed by atoms with Gasteiger partial charge in [0.05, 0.1) is 31.5 Å². The maximum absolute atomic E-state index is 12.1. The molecule has 0 aliphatic heterocycles. The van der Waals surface area contributed by atoms with Gasteiger partial charge >= 0.3 is 11.8 Å². The topological polar surface area (TPSA) is 62.9 Å². The van der Waals surface area contributed by atoms with E-state index in [1.54, 1.807) is 42.2 Å². The lowest BCUT2D eigenvalue weighted by molar-refractivity contribution is -0.894. The van der Waals surface area contributed by atoms with Gasteiger partial charge in [0.1, 0.15) is 17.7 Å². The van der Waals surface area contributed by atoms with Gasteiger partial charge in [-0.1, -0.05) is 22.9 Å². The molecular weight excluding hydrogens is 356 g/mol. The average Bonchev–Trinajstić information content (AvgIpc) is 2.64. The monoisotopic (exact) mass is 383 g/mol. The summed E-state index contributed by atoms with van der Waals surface area (Å²) in [6.07, 6.45) is 3.37. The molecule has 2 rings (SSSR count). The number of esters is 1. The summed E-state index contributed by atoms with van der Waals surface area (Å²) < 4.78 is 12.1. The van der Waals surface area contributed by atoms with Gasteiger partial charge in [0.25, 0.3) is 0 Å². The van der Waals surface area contributed by atoms with Gasteiger partial charge in [-0.2, -0.15) is 0 Å². The zero-order valence-electron chi connectivity index (χ0n) is 17.0. The van der Waals surface area contributed by atoms with Crippen LogP contribution in [-0.2, 0) is 4.74 Å². The summed E-state index contributed by atoms with van der Waals surface area (Å²) in [6.45, 7) is 11.7. The minimum Gasteiger partial charge on any atom is -0.462 e. The molecule has 0 saturated heterocycles. The molecular formula is C22H27N2O4+. The molecule has 0 aliphatic rings. The molecule has 6 nitrogen and oxygen atoms in total. The first-order valence-electron chi connectivity index (χ1n) is 9.01. The number of carbonyl (C=O) groups excluding carboxylic acids is 1. The van der Waals surface area contributed by atoms with Gasteiger partial charge < -0.3 is 14.7 Å². The molecule has 0 bridgehead atoms. The summed E-state index contributed by atoms with van der Waals surface area (Å²) in [6, 6.07) is 8.58. The first-order valence-corrected chi connectivity index (χ1v) is 9.01. The van der Waals surface area contributed by atoms with E-state index in [2.05, 4.69) is 6.58 Å². The van der Waals surface area contributed by atoms with Crippen LogP contribution in [0.1, 0.15) is 36.7 Å². The number of carbonyl (C=O) groups is 1. The van der Waals surface area contributed by atoms with Crippen LogP contribution in [0.3, 0.4) is 0 Å². The zero-order chi connectivity index (χ0) is 20.8. The Labute approximate surface area is 165 Å². The molecule has 0 saturated carbocycles. The number of hydrogen-bond donors (Lipinski definition) is 1. The van der Waals surface area contributed by atoms with E-state index in [4.69, 9.17) is 9.47 Å². The van der Waals surface area contributed by atoms with Crippen LogP contribution in [-0.4, -0.2) is 24.8 Å². The molecule has 0 radical (unpaired) electrons. The van der Waals surface area contributed by atoms with Crippen LogP contribution in [0.4, 0.5) is 5.82 Å². The lowest BCUT2D eigenvalue weighted by Gasteiger charge is -2.13. The summed E-state index contributed by atoms with van der Waals surface area (Å²) in [5, 5.41) is 10.2. The number of ether oxygens (including phenoxy) is 2. The molecule has 1 aromatic heterocycles. The molecule has 28 heavy (non-hydrogen) atoms. The normalized spacial score (nSPS) is 11.1. The molecule has 6 heteroatoms. The Hall–Kier alpha value is -3.28. The Balaban J connectivity index is 2.34. The van der Waals surface area contributed by atoms with E-state index in [-0.39, 0.29) is 5.97 Å². The molecule has 1 N–H and O–H groups in total. The van der Waals surface area contributed by atoms with Crippen molar-refractivity contribution in [3.8, 4) is 11.5 Å². The van der Waals surface area contributed by atoms with Gasteiger partial charge in [0.15, 0.2) is 0 Å². The summed E-state index contributed by atoms with van der Waals surface area (Å²) >= 11 is 0. The number of hydrogen-bond acceptors (Lipinski definition) is 5. The van der Waals surface area contributed by atoms with Gasteiger partial charge in [-0.15, -0.1) is 0 Å². The van der Waals surface area contributed by atoms with Crippen molar-refractivity contribution in [2.75, 3.05) is 18.6 Å². The van der Waals surface area contributed by atoms with Crippen LogP contribution >= 0.6 is 0 Å². The second-order valence-electron chi connectivity index (χ2n) is 6.52. The lowest BCUT2D eigenvalue weighted by atomic mass is 10.1. The first-order chi connectivity index (χ1) is 13.2. The number of anilines is 1. The van der Waals surface area contributed by atoms with Gasteiger partial charge in [-0.3, -0.25) is 0 Å². The molecule has 148 valence electrons. The highest BCUT2D eigenvalue weighted by atomic mass is 16.5. The summed E-state index contributed by atoms with van der Waals surface area (Å²) in [5.74, 6) is 1.20. The molecule has 0 fully saturated rings. The second-order valence-corrected chi connectivity index (χ2v) is 6.52. The molecule has 0 spiro atoms. The van der Waals surface area contributed by atoms with E-state index in [0.717, 1.165) is 15.9 Å². The number of rotatable bonds is 7. The fraction of sp³-hybridized carbons (Fsp3) is 0.273. The smallest absolute Gasteiger partial charge is 0.338 e. The Bertz CT molecular complexity index is 919. The average molecular weight is 383 g/mol. The predicted molar refractivity (Wildman–Crippen MR) is 108 cm³/mol. The van der Waals surface area contributed by atoms with Crippen LogP contribution in [0, 0.1) is 6.92 Å². The number of nitrogens with zero attached hydrogens (tertiary/aromatic N) is 2. The van der Waals surface area contributed by atoms with Crippen molar-refractivity contribution in [3.05, 3.63) is 71.6 Å². The maximum Gasteiger partial charge on any atom is 0.338 e. The quantitative estimate of drug-likeness (QED) is 0.332. The van der Waals surface area contributed by atoms with Crippen LogP contribution in [0.15, 0.2) is 60.5 Å². The van der Waals surface area contributed by atoms with Crippen LogP contribution in [0.25, 0.3) is 0 Å². The Kier molecular flexibility index (Phi) is 6.82. The summed E-state index contributed by atoms with van der Waals surface area (Å²) in [7, 11) is 1.82. The first kappa shape index (κ1) is 21.0. The molecule has 2 aromatic rings. The minimum absolute atomic E-state index is 0.311. The number of allylic oxidation sites excluding steroid dienone is 2. The van der Waals surface area contributed by atoms with E-state index in [1.165, 1.54) is 6.20 Å². The van der Waals surface area contributed by atoms with Crippen molar-refractivity contribution in [3.63, 3.8) is 0 Å². The molecule has 1 aromatic carbocycles. The molecule has 0 atom stereocenters. The van der Waals surface area contributed by atoms with E-state index < -0.39 is 0 Å². The van der Waals surface area contributed by atoms with Crippen LogP contribution in [0.2, 0.25) is 0 Å². The third-order valence-electron chi connectivity index (χ3n) is 4.32. The number of pyridine rings is 1. The highest BCUT2D eigenvalue weighted by Gasteiger charge is 2.18. The molecule has 0 amide bonds. The second kappa shape index (κ2) is 9.08. The Morgan fingerprint density at radius 1 is 1.32 bits per heavy atom. The lowest BCUT2D eigenvalue weighted by Crippen LogP contribution is -2.36. The van der Waals surface area contributed by atoms with Crippen molar-refractivity contribution in [2.24, 2.45) is 0 Å².